The number of benzene rings is 2. The van der Waals surface area contributed by atoms with Gasteiger partial charge < -0.3 is 10.1 Å². The minimum Gasteiger partial charge on any atom is -0.496 e. The van der Waals surface area contributed by atoms with Crippen LogP contribution in [0.15, 0.2) is 58.4 Å². The normalized spacial score (nSPS) is 17.6. The van der Waals surface area contributed by atoms with Gasteiger partial charge in [-0.3, -0.25) is 4.79 Å². The van der Waals surface area contributed by atoms with E-state index in [1.165, 1.54) is 11.8 Å². The molecule has 0 saturated carbocycles. The zero-order chi connectivity index (χ0) is 16.2. The standard InChI is InChI=1S/C17H13ClN2O2S/c1-22-14-8-7-12(18)9-11(14)10-15-16(21)20-17(23-15)19-13-5-3-2-4-6-13/h2-10H,1H3,(H,19,20,21)/b15-10-. The van der Waals surface area contributed by atoms with Gasteiger partial charge in [0.15, 0.2) is 5.17 Å². The molecule has 0 radical (unpaired) electrons. The van der Waals surface area contributed by atoms with Gasteiger partial charge in [-0.2, -0.15) is 0 Å². The van der Waals surface area contributed by atoms with Gasteiger partial charge in [0.05, 0.1) is 17.7 Å². The lowest BCUT2D eigenvalue weighted by Gasteiger charge is -2.05. The number of nitrogens with zero attached hydrogens (tertiary/aromatic N) is 1. The molecule has 1 N–H and O–H groups in total. The predicted octanol–water partition coefficient (Wildman–Crippen LogP) is 4.24. The summed E-state index contributed by atoms with van der Waals surface area (Å²) < 4.78 is 5.29. The highest BCUT2D eigenvalue weighted by molar-refractivity contribution is 8.18. The first-order valence-electron chi connectivity index (χ1n) is 6.84. The van der Waals surface area contributed by atoms with Crippen molar-refractivity contribution < 1.29 is 9.53 Å². The largest absolute Gasteiger partial charge is 0.496 e. The molecule has 0 spiro atoms. The second-order valence-corrected chi connectivity index (χ2v) is 6.17. The van der Waals surface area contributed by atoms with Gasteiger partial charge in [0.25, 0.3) is 5.91 Å². The van der Waals surface area contributed by atoms with Gasteiger partial charge in [-0.15, -0.1) is 0 Å². The van der Waals surface area contributed by atoms with Crippen LogP contribution in [0.5, 0.6) is 5.75 Å². The van der Waals surface area contributed by atoms with Gasteiger partial charge in [-0.05, 0) is 48.2 Å². The van der Waals surface area contributed by atoms with E-state index in [4.69, 9.17) is 16.3 Å². The number of hydrogen-bond donors (Lipinski definition) is 1. The lowest BCUT2D eigenvalue weighted by atomic mass is 10.2. The van der Waals surface area contributed by atoms with E-state index in [2.05, 4.69) is 10.3 Å². The Labute approximate surface area is 143 Å². The molecule has 2 aromatic carbocycles. The minimum atomic E-state index is -0.188. The number of thioether (sulfide) groups is 1. The van der Waals surface area contributed by atoms with Crippen molar-refractivity contribution in [2.45, 2.75) is 0 Å². The number of halogens is 1. The highest BCUT2D eigenvalue weighted by Crippen LogP contribution is 2.31. The van der Waals surface area contributed by atoms with Crippen molar-refractivity contribution in [3.8, 4) is 5.75 Å². The molecule has 6 heteroatoms. The van der Waals surface area contributed by atoms with Crippen LogP contribution in [0.25, 0.3) is 6.08 Å². The summed E-state index contributed by atoms with van der Waals surface area (Å²) in [5.41, 5.74) is 1.54. The van der Waals surface area contributed by atoms with Gasteiger partial charge in [0.2, 0.25) is 0 Å². The fourth-order valence-corrected chi connectivity index (χ4v) is 3.07. The maximum absolute atomic E-state index is 12.1. The van der Waals surface area contributed by atoms with E-state index in [0.717, 1.165) is 11.3 Å². The molecule has 1 heterocycles. The van der Waals surface area contributed by atoms with Gasteiger partial charge in [0.1, 0.15) is 5.75 Å². The maximum atomic E-state index is 12.1. The zero-order valence-electron chi connectivity index (χ0n) is 12.2. The number of carbonyl (C=O) groups excluding carboxylic acids is 1. The Morgan fingerprint density at radius 3 is 2.74 bits per heavy atom. The Morgan fingerprint density at radius 2 is 2.00 bits per heavy atom. The van der Waals surface area contributed by atoms with Crippen LogP contribution in [0, 0.1) is 0 Å². The average molecular weight is 345 g/mol. The summed E-state index contributed by atoms with van der Waals surface area (Å²) in [6.07, 6.45) is 1.75. The van der Waals surface area contributed by atoms with Crippen LogP contribution in [0.2, 0.25) is 5.02 Å². The lowest BCUT2D eigenvalue weighted by Crippen LogP contribution is -2.19. The van der Waals surface area contributed by atoms with Crippen LogP contribution in [-0.2, 0) is 4.79 Å². The SMILES string of the molecule is COc1ccc(Cl)cc1/C=C1\SC(=Nc2ccccc2)NC1=O. The summed E-state index contributed by atoms with van der Waals surface area (Å²) in [5, 5.41) is 3.89. The first kappa shape index (κ1) is 15.6. The van der Waals surface area contributed by atoms with Gasteiger partial charge in [-0.1, -0.05) is 29.8 Å². The van der Waals surface area contributed by atoms with Crippen LogP contribution < -0.4 is 10.1 Å². The highest BCUT2D eigenvalue weighted by atomic mass is 35.5. The van der Waals surface area contributed by atoms with E-state index in [1.54, 1.807) is 31.4 Å². The summed E-state index contributed by atoms with van der Waals surface area (Å²) in [6, 6.07) is 14.7. The number of aliphatic imine (C=N–C) groups is 1. The van der Waals surface area contributed by atoms with Crippen LogP contribution >= 0.6 is 23.4 Å². The maximum Gasteiger partial charge on any atom is 0.264 e. The second-order valence-electron chi connectivity index (χ2n) is 4.70. The van der Waals surface area contributed by atoms with Gasteiger partial charge in [-0.25, -0.2) is 4.99 Å². The fraction of sp³-hybridized carbons (Fsp3) is 0.0588. The number of rotatable bonds is 3. The molecule has 0 aromatic heterocycles. The Bertz CT molecular complexity index is 803. The van der Waals surface area contributed by atoms with Crippen LogP contribution in [-0.4, -0.2) is 18.2 Å². The number of nitrogens with one attached hydrogen (secondary N) is 1. The number of amides is 1. The van der Waals surface area contributed by atoms with Gasteiger partial charge in [0, 0.05) is 10.6 Å². The first-order chi connectivity index (χ1) is 11.2. The Hall–Kier alpha value is -2.24. The summed E-state index contributed by atoms with van der Waals surface area (Å²) in [5.74, 6) is 0.468. The molecule has 116 valence electrons. The molecule has 3 rings (SSSR count). The van der Waals surface area contributed by atoms with E-state index in [9.17, 15) is 4.79 Å². The molecule has 4 nitrogen and oxygen atoms in total. The zero-order valence-corrected chi connectivity index (χ0v) is 13.8. The number of hydrogen-bond acceptors (Lipinski definition) is 4. The molecular formula is C17H13ClN2O2S. The molecule has 1 aliphatic rings. The first-order valence-corrected chi connectivity index (χ1v) is 8.03. The van der Waals surface area contributed by atoms with E-state index in [-0.39, 0.29) is 5.91 Å². The van der Waals surface area contributed by atoms with Crippen LogP contribution in [0.4, 0.5) is 5.69 Å². The van der Waals surface area contributed by atoms with Crippen LogP contribution in [0.1, 0.15) is 5.56 Å². The third-order valence-electron chi connectivity index (χ3n) is 3.12. The fourth-order valence-electron chi connectivity index (χ4n) is 2.06. The van der Waals surface area contributed by atoms with Crippen molar-refractivity contribution in [3.05, 3.63) is 64.0 Å². The topological polar surface area (TPSA) is 50.7 Å². The molecule has 0 bridgehead atoms. The molecule has 1 amide bonds. The molecule has 1 fully saturated rings. The molecular weight excluding hydrogens is 332 g/mol. The smallest absolute Gasteiger partial charge is 0.264 e. The van der Waals surface area contributed by atoms with Crippen molar-refractivity contribution in [1.82, 2.24) is 5.32 Å². The van der Waals surface area contributed by atoms with Crippen molar-refractivity contribution in [1.29, 1.82) is 0 Å². The monoisotopic (exact) mass is 344 g/mol. The Morgan fingerprint density at radius 1 is 1.22 bits per heavy atom. The highest BCUT2D eigenvalue weighted by Gasteiger charge is 2.24. The number of amidine groups is 1. The van der Waals surface area contributed by atoms with Crippen LogP contribution in [0.3, 0.4) is 0 Å². The number of carbonyl (C=O) groups is 1. The van der Waals surface area contributed by atoms with Crippen molar-refractivity contribution >= 4 is 46.2 Å². The average Bonchev–Trinajstić information content (AvgIpc) is 2.88. The van der Waals surface area contributed by atoms with Crippen molar-refractivity contribution in [3.63, 3.8) is 0 Å². The van der Waals surface area contributed by atoms with E-state index in [1.807, 2.05) is 30.3 Å². The van der Waals surface area contributed by atoms with E-state index < -0.39 is 0 Å². The van der Waals surface area contributed by atoms with E-state index >= 15 is 0 Å². The molecule has 23 heavy (non-hydrogen) atoms. The van der Waals surface area contributed by atoms with Crippen molar-refractivity contribution in [2.75, 3.05) is 7.11 Å². The molecule has 2 aromatic rings. The molecule has 0 unspecified atom stereocenters. The lowest BCUT2D eigenvalue weighted by molar-refractivity contribution is -0.115. The number of para-hydroxylation sites is 1. The third-order valence-corrected chi connectivity index (χ3v) is 4.26. The quantitative estimate of drug-likeness (QED) is 0.847. The van der Waals surface area contributed by atoms with E-state index in [0.29, 0.717) is 20.8 Å². The number of ether oxygens (including phenoxy) is 1. The Balaban J connectivity index is 1.89. The predicted molar refractivity (Wildman–Crippen MR) is 95.3 cm³/mol. The second kappa shape index (κ2) is 6.89. The molecule has 0 aliphatic carbocycles. The minimum absolute atomic E-state index is 0.188. The summed E-state index contributed by atoms with van der Waals surface area (Å²) in [4.78, 5) is 17.1. The van der Waals surface area contributed by atoms with Crippen molar-refractivity contribution in [2.24, 2.45) is 4.99 Å². The third kappa shape index (κ3) is 3.75. The summed E-state index contributed by atoms with van der Waals surface area (Å²) in [7, 11) is 1.58. The van der Waals surface area contributed by atoms with Gasteiger partial charge >= 0.3 is 0 Å². The molecule has 1 saturated heterocycles. The summed E-state index contributed by atoms with van der Waals surface area (Å²) >= 11 is 7.30. The Kier molecular flexibility index (Phi) is 4.69. The molecule has 1 aliphatic heterocycles. The summed E-state index contributed by atoms with van der Waals surface area (Å²) in [6.45, 7) is 0. The molecule has 0 atom stereocenters. The number of methoxy groups -OCH3 is 1.